The van der Waals surface area contributed by atoms with Gasteiger partial charge in [0.05, 0.1) is 7.11 Å². The number of methoxy groups -OCH3 is 1. The van der Waals surface area contributed by atoms with Crippen molar-refractivity contribution in [3.63, 3.8) is 0 Å². The Hall–Kier alpha value is -6.98. The maximum atomic E-state index is 13.3. The van der Waals surface area contributed by atoms with Crippen LogP contribution in [-0.4, -0.2) is 7.11 Å². The molecule has 0 saturated carbocycles. The van der Waals surface area contributed by atoms with Gasteiger partial charge in [-0.25, -0.2) is 132 Å². The van der Waals surface area contributed by atoms with Gasteiger partial charge in [0.2, 0.25) is 0 Å². The first-order valence-electron chi connectivity index (χ1n) is 18.5. The molecule has 78 heavy (non-hydrogen) atoms. The quantitative estimate of drug-likeness (QED) is 0.0891. The van der Waals surface area contributed by atoms with Crippen LogP contribution < -0.4 is 4.74 Å². The number of halogens is 30. The molecule has 7 rings (SSSR count). The summed E-state index contributed by atoms with van der Waals surface area (Å²) in [6.07, 6.45) is 0. The van der Waals surface area contributed by atoms with Gasteiger partial charge in [0, 0.05) is 0 Å². The number of hydrogen-bond acceptors (Lipinski definition) is 1. The Kier molecular flexibility index (Phi) is 21.9. The van der Waals surface area contributed by atoms with E-state index in [1.165, 1.54) is 0 Å². The largest absolute Gasteiger partial charge is 3.00 e. The zero-order chi connectivity index (χ0) is 58.7. The van der Waals surface area contributed by atoms with Crippen LogP contribution in [0.4, 0.5) is 166 Å². The Morgan fingerprint density at radius 1 is 0.205 bits per heavy atom. The van der Waals surface area contributed by atoms with Gasteiger partial charge < -0.3 is 20.7 Å². The van der Waals surface area contributed by atoms with E-state index in [4.69, 9.17) is 4.74 Å². The summed E-state index contributed by atoms with van der Waals surface area (Å²) in [6, 6.07) is 9.68. The van der Waals surface area contributed by atoms with E-state index in [0.29, 0.717) is 0 Å². The molecule has 0 N–H and O–H groups in total. The molecule has 0 spiro atoms. The molecule has 0 fully saturated rings. The maximum absolute atomic E-state index is 13.3. The van der Waals surface area contributed by atoms with Gasteiger partial charge >= 0.3 is 41.7 Å². The summed E-state index contributed by atoms with van der Waals surface area (Å²) in [6.45, 7) is 0. The van der Waals surface area contributed by atoms with E-state index in [2.05, 4.69) is 16.0 Å². The molecule has 7 aromatic carbocycles. The molecule has 0 saturated heterocycles. The van der Waals surface area contributed by atoms with Crippen LogP contribution in [0.15, 0.2) is 30.3 Å². The van der Waals surface area contributed by atoms with Gasteiger partial charge in [-0.3, -0.25) is 0 Å². The molecule has 415 valence electrons. The van der Waals surface area contributed by atoms with Crippen molar-refractivity contribution in [2.75, 3.05) is 7.11 Å². The zero-order valence-electron chi connectivity index (χ0n) is 36.0. The van der Waals surface area contributed by atoms with Gasteiger partial charge in [0.1, 0.15) is 75.6 Å². The minimum Gasteiger partial charge on any atom is -0.648 e. The molecule has 0 unspecified atom stereocenters. The molecule has 0 aliphatic rings. The van der Waals surface area contributed by atoms with Crippen LogP contribution in [0, 0.1) is 216 Å². The van der Waals surface area contributed by atoms with Crippen molar-refractivity contribution in [1.82, 2.24) is 0 Å². The van der Waals surface area contributed by atoms with E-state index < -0.39 is 209 Å². The van der Waals surface area contributed by atoms with Crippen LogP contribution in [0.1, 0.15) is 0 Å². The smallest absolute Gasteiger partial charge is 0.648 e. The van der Waals surface area contributed by atoms with E-state index in [-0.39, 0.29) is 41.7 Å². The third-order valence-electron chi connectivity index (χ3n) is 8.77. The van der Waals surface area contributed by atoms with Crippen LogP contribution in [0.25, 0.3) is 16.0 Å². The van der Waals surface area contributed by atoms with Gasteiger partial charge in [0.15, 0.2) is 105 Å². The van der Waals surface area contributed by atoms with Gasteiger partial charge in [-0.2, -0.15) is 0 Å². The first kappa shape index (κ1) is 65.3. The second-order valence-corrected chi connectivity index (χ2v) is 13.4. The minimum atomic E-state index is -2.59. The molecule has 0 bridgehead atoms. The van der Waals surface area contributed by atoms with Gasteiger partial charge in [-0.15, -0.1) is 0 Å². The van der Waals surface area contributed by atoms with E-state index in [1.807, 2.05) is 30.3 Å². The monoisotopic (exact) mass is 1290 g/mol. The average molecular weight is 1290 g/mol. The minimum absolute atomic E-state index is 0. The molecule has 4 nitrogen and oxygen atoms in total. The molecule has 0 amide bonds. The van der Waals surface area contributed by atoms with Gasteiger partial charge in [-0.05, 0) is 12.1 Å². The fraction of sp³-hybridized carbons (Fsp3) is 0.0233. The Bertz CT molecular complexity index is 2750. The third-order valence-corrected chi connectivity index (χ3v) is 8.77. The third kappa shape index (κ3) is 12.6. The fourth-order valence-electron chi connectivity index (χ4n) is 5.04. The standard InChI is InChI=1S/3C12F10N.C7H8O.Ce/c3*13-1-3(15)7(19)11(8(20)4(1)16)23-12-9(21)5(17)2(14)6(18)10(12)22;1-8-7-5-3-2-4-6-7;/h;;;2-6H,1H3;/q3*-1;;+3. The second-order valence-electron chi connectivity index (χ2n) is 13.4. The fourth-order valence-corrected chi connectivity index (χ4v) is 5.04. The predicted octanol–water partition coefficient (Wildman–Crippen LogP) is 17.9. The van der Waals surface area contributed by atoms with Crippen molar-refractivity contribution in [2.45, 2.75) is 0 Å². The summed E-state index contributed by atoms with van der Waals surface area (Å²) < 4.78 is 396. The summed E-state index contributed by atoms with van der Waals surface area (Å²) >= 11 is 0. The topological polar surface area (TPSA) is 51.5 Å². The van der Waals surface area contributed by atoms with Crippen molar-refractivity contribution in [3.05, 3.63) is 221 Å². The Balaban J connectivity index is 0.000000285. The van der Waals surface area contributed by atoms with E-state index in [1.54, 1.807) is 7.11 Å². The summed E-state index contributed by atoms with van der Waals surface area (Å²) in [5.74, 6) is -76.0. The molecule has 0 atom stereocenters. The summed E-state index contributed by atoms with van der Waals surface area (Å²) in [7, 11) is 1.66. The molecular weight excluding hydrogens is 1280 g/mol. The summed E-state index contributed by atoms with van der Waals surface area (Å²) in [5, 5.41) is 7.11. The van der Waals surface area contributed by atoms with Crippen LogP contribution in [0.5, 0.6) is 5.75 Å². The Morgan fingerprint density at radius 3 is 0.423 bits per heavy atom. The number of hydrogen-bond donors (Lipinski definition) is 0. The predicted molar refractivity (Wildman–Crippen MR) is 198 cm³/mol. The second kappa shape index (κ2) is 26.1. The molecule has 35 heteroatoms. The molecule has 7 aromatic rings. The van der Waals surface area contributed by atoms with E-state index in [0.717, 1.165) is 5.75 Å². The molecule has 0 aromatic heterocycles. The first-order chi connectivity index (χ1) is 35.7. The Morgan fingerprint density at radius 2 is 0.321 bits per heavy atom. The van der Waals surface area contributed by atoms with Crippen molar-refractivity contribution < 1.29 is 178 Å². The first-order valence-corrected chi connectivity index (χ1v) is 18.5. The molecule has 1 radical (unpaired) electrons. The van der Waals surface area contributed by atoms with Crippen molar-refractivity contribution >= 4 is 34.1 Å². The molecule has 0 aliphatic heterocycles. The van der Waals surface area contributed by atoms with Gasteiger partial charge in [-0.1, -0.05) is 52.3 Å². The van der Waals surface area contributed by atoms with E-state index >= 15 is 0 Å². The van der Waals surface area contributed by atoms with Crippen LogP contribution in [0.2, 0.25) is 0 Å². The molecule has 0 aliphatic carbocycles. The van der Waals surface area contributed by atoms with Crippen LogP contribution in [-0.2, 0) is 0 Å². The Labute approximate surface area is 444 Å². The summed E-state index contributed by atoms with van der Waals surface area (Å²) in [4.78, 5) is 0. The normalized spacial score (nSPS) is 10.7. The van der Waals surface area contributed by atoms with Crippen LogP contribution >= 0.6 is 0 Å². The number of benzene rings is 7. The number of rotatable bonds is 7. The maximum Gasteiger partial charge on any atom is 3.00 e. The van der Waals surface area contributed by atoms with E-state index in [9.17, 15) is 132 Å². The number of nitrogens with zero attached hydrogens (tertiary/aromatic N) is 3. The van der Waals surface area contributed by atoms with Crippen molar-refractivity contribution in [1.29, 1.82) is 0 Å². The zero-order valence-corrected chi connectivity index (χ0v) is 39.1. The average Bonchev–Trinajstić information content (AvgIpc) is 3.43. The molecule has 0 heterocycles. The van der Waals surface area contributed by atoms with Gasteiger partial charge in [0.25, 0.3) is 0 Å². The van der Waals surface area contributed by atoms with Crippen LogP contribution in [0.3, 0.4) is 0 Å². The van der Waals surface area contributed by atoms with Crippen molar-refractivity contribution in [2.24, 2.45) is 0 Å². The number of para-hydroxylation sites is 1. The SMILES string of the molecule is COc1ccccc1.Fc1c(F)c(F)c([N-]c2c(F)c(F)c(F)c(F)c2F)c(F)c1F.Fc1c(F)c(F)c([N-]c2c(F)c(F)c(F)c(F)c2F)c(F)c1F.Fc1c(F)c(F)c([N-]c2c(F)c(F)c(F)c(F)c2F)c(F)c1F.[Ce+3]. The van der Waals surface area contributed by atoms with Crippen molar-refractivity contribution in [3.8, 4) is 5.75 Å². The summed E-state index contributed by atoms with van der Waals surface area (Å²) in [5.41, 5.74) is -12.6. The molecular formula is C43H8CeF30N3O. The number of ether oxygens (including phenoxy) is 1.